The van der Waals surface area contributed by atoms with E-state index in [-0.39, 0.29) is 5.91 Å². The van der Waals surface area contributed by atoms with E-state index < -0.39 is 10.0 Å². The van der Waals surface area contributed by atoms with Crippen LogP contribution in [-0.2, 0) is 23.0 Å². The summed E-state index contributed by atoms with van der Waals surface area (Å²) in [5.41, 5.74) is 2.83. The summed E-state index contributed by atoms with van der Waals surface area (Å²) in [6, 6.07) is 10.3. The number of sulfonamides is 1. The van der Waals surface area contributed by atoms with Gasteiger partial charge in [-0.2, -0.15) is 0 Å². The predicted octanol–water partition coefficient (Wildman–Crippen LogP) is 3.59. The number of nitrogens with zero attached hydrogens (tertiary/aromatic N) is 2. The summed E-state index contributed by atoms with van der Waals surface area (Å²) in [7, 11) is -1.60. The third-order valence-electron chi connectivity index (χ3n) is 4.35. The summed E-state index contributed by atoms with van der Waals surface area (Å²) in [5, 5.41) is 1.05. The molecule has 0 radical (unpaired) electrons. The normalized spacial score (nSPS) is 13.6. The first-order valence-electron chi connectivity index (χ1n) is 7.97. The number of carbonyl (C=O) groups excluding carboxylic acids is 1. The lowest BCUT2D eigenvalue weighted by Crippen LogP contribution is -2.28. The van der Waals surface area contributed by atoms with Gasteiger partial charge in [-0.05, 0) is 47.9 Å². The zero-order valence-corrected chi connectivity index (χ0v) is 16.7. The Morgan fingerprint density at radius 2 is 1.92 bits per heavy atom. The van der Waals surface area contributed by atoms with E-state index in [4.69, 9.17) is 23.2 Å². The molecule has 0 aliphatic carbocycles. The molecule has 3 rings (SSSR count). The Labute approximate surface area is 163 Å². The Hall–Kier alpha value is -1.76. The Morgan fingerprint density at radius 3 is 2.58 bits per heavy atom. The van der Waals surface area contributed by atoms with Gasteiger partial charge in [0.25, 0.3) is 5.91 Å². The second kappa shape index (κ2) is 7.10. The van der Waals surface area contributed by atoms with Crippen molar-refractivity contribution in [2.24, 2.45) is 0 Å². The number of fused-ring (bicyclic) bond motifs is 1. The van der Waals surface area contributed by atoms with Crippen LogP contribution in [0.15, 0.2) is 36.4 Å². The van der Waals surface area contributed by atoms with Crippen molar-refractivity contribution in [1.82, 2.24) is 4.90 Å². The van der Waals surface area contributed by atoms with Crippen molar-refractivity contribution in [2.45, 2.75) is 13.0 Å². The van der Waals surface area contributed by atoms with Crippen LogP contribution in [0.4, 0.5) is 5.69 Å². The summed E-state index contributed by atoms with van der Waals surface area (Å²) >= 11 is 12.1. The zero-order chi connectivity index (χ0) is 19.1. The molecule has 0 spiro atoms. The smallest absolute Gasteiger partial charge is 0.253 e. The van der Waals surface area contributed by atoms with Gasteiger partial charge >= 0.3 is 0 Å². The van der Waals surface area contributed by atoms with Crippen LogP contribution in [0.25, 0.3) is 0 Å². The zero-order valence-electron chi connectivity index (χ0n) is 14.4. The quantitative estimate of drug-likeness (QED) is 0.770. The highest BCUT2D eigenvalue weighted by Gasteiger charge is 2.27. The van der Waals surface area contributed by atoms with Crippen molar-refractivity contribution in [3.63, 3.8) is 0 Å². The average Bonchev–Trinajstić information content (AvgIpc) is 3.00. The van der Waals surface area contributed by atoms with Gasteiger partial charge in [-0.1, -0.05) is 29.3 Å². The van der Waals surface area contributed by atoms with Crippen LogP contribution in [0.2, 0.25) is 10.0 Å². The van der Waals surface area contributed by atoms with Crippen LogP contribution in [-0.4, -0.2) is 39.1 Å². The molecule has 5 nitrogen and oxygen atoms in total. The number of amides is 1. The van der Waals surface area contributed by atoms with Gasteiger partial charge in [0.15, 0.2) is 0 Å². The molecule has 0 fully saturated rings. The van der Waals surface area contributed by atoms with Gasteiger partial charge in [0.1, 0.15) is 0 Å². The van der Waals surface area contributed by atoms with E-state index in [0.717, 1.165) is 11.1 Å². The van der Waals surface area contributed by atoms with Gasteiger partial charge in [0, 0.05) is 35.7 Å². The molecule has 0 unspecified atom stereocenters. The third-order valence-corrected chi connectivity index (χ3v) is 6.12. The van der Waals surface area contributed by atoms with Crippen LogP contribution in [0.5, 0.6) is 0 Å². The maximum atomic E-state index is 12.7. The fourth-order valence-electron chi connectivity index (χ4n) is 3.05. The second-order valence-electron chi connectivity index (χ2n) is 6.33. The summed E-state index contributed by atoms with van der Waals surface area (Å²) in [6.07, 6.45) is 1.78. The van der Waals surface area contributed by atoms with Crippen molar-refractivity contribution in [3.8, 4) is 0 Å². The van der Waals surface area contributed by atoms with Crippen LogP contribution >= 0.6 is 23.2 Å². The monoisotopic (exact) mass is 412 g/mol. The third kappa shape index (κ3) is 3.82. The molecule has 0 bridgehead atoms. The van der Waals surface area contributed by atoms with E-state index in [1.807, 2.05) is 0 Å². The molecule has 1 aliphatic rings. The van der Waals surface area contributed by atoms with E-state index in [0.29, 0.717) is 40.8 Å². The lowest BCUT2D eigenvalue weighted by Gasteiger charge is -2.19. The van der Waals surface area contributed by atoms with Gasteiger partial charge in [0.2, 0.25) is 10.0 Å². The van der Waals surface area contributed by atoms with Gasteiger partial charge in [-0.3, -0.25) is 9.10 Å². The van der Waals surface area contributed by atoms with Gasteiger partial charge in [-0.25, -0.2) is 8.42 Å². The lowest BCUT2D eigenvalue weighted by molar-refractivity contribution is 0.0785. The van der Waals surface area contributed by atoms with Gasteiger partial charge < -0.3 is 4.90 Å². The number of benzene rings is 2. The van der Waals surface area contributed by atoms with E-state index in [9.17, 15) is 13.2 Å². The minimum atomic E-state index is -3.30. The topological polar surface area (TPSA) is 57.7 Å². The van der Waals surface area contributed by atoms with E-state index in [1.165, 1.54) is 10.6 Å². The van der Waals surface area contributed by atoms with Crippen molar-refractivity contribution in [1.29, 1.82) is 0 Å². The molecule has 26 heavy (non-hydrogen) atoms. The largest absolute Gasteiger partial charge is 0.337 e. The van der Waals surface area contributed by atoms with Crippen molar-refractivity contribution >= 4 is 44.8 Å². The van der Waals surface area contributed by atoms with Crippen LogP contribution < -0.4 is 4.31 Å². The first-order chi connectivity index (χ1) is 12.2. The van der Waals surface area contributed by atoms with E-state index in [2.05, 4.69) is 0 Å². The van der Waals surface area contributed by atoms with E-state index in [1.54, 1.807) is 48.3 Å². The molecule has 0 N–H and O–H groups in total. The maximum absolute atomic E-state index is 12.7. The molecule has 8 heteroatoms. The van der Waals surface area contributed by atoms with Crippen molar-refractivity contribution in [3.05, 3.63) is 63.1 Å². The predicted molar refractivity (Wildman–Crippen MR) is 105 cm³/mol. The first-order valence-corrected chi connectivity index (χ1v) is 10.6. The molecular weight excluding hydrogens is 395 g/mol. The molecular formula is C18H18Cl2N2O3S. The van der Waals surface area contributed by atoms with Crippen molar-refractivity contribution < 1.29 is 13.2 Å². The Bertz CT molecular complexity index is 976. The summed E-state index contributed by atoms with van der Waals surface area (Å²) in [6.45, 7) is 0.753. The summed E-state index contributed by atoms with van der Waals surface area (Å²) in [4.78, 5) is 14.3. The molecule has 138 valence electrons. The summed E-state index contributed by atoms with van der Waals surface area (Å²) < 4.78 is 25.0. The molecule has 0 saturated carbocycles. The second-order valence-corrected chi connectivity index (χ2v) is 9.08. The van der Waals surface area contributed by atoms with Crippen molar-refractivity contribution in [2.75, 3.05) is 24.2 Å². The van der Waals surface area contributed by atoms with Crippen LogP contribution in [0, 0.1) is 0 Å². The number of carbonyl (C=O) groups is 1. The van der Waals surface area contributed by atoms with Gasteiger partial charge in [0.05, 0.1) is 11.9 Å². The fraction of sp³-hybridized carbons (Fsp3) is 0.278. The highest BCUT2D eigenvalue weighted by molar-refractivity contribution is 7.92. The molecule has 0 aromatic heterocycles. The Morgan fingerprint density at radius 1 is 1.19 bits per heavy atom. The van der Waals surface area contributed by atoms with E-state index >= 15 is 0 Å². The average molecular weight is 413 g/mol. The molecule has 1 aliphatic heterocycles. The molecule has 0 atom stereocenters. The number of anilines is 1. The molecule has 0 saturated heterocycles. The Balaban J connectivity index is 1.80. The van der Waals surface area contributed by atoms with Crippen LogP contribution in [0.3, 0.4) is 0 Å². The fourth-order valence-corrected chi connectivity index (χ4v) is 4.47. The molecule has 1 amide bonds. The summed E-state index contributed by atoms with van der Waals surface area (Å²) in [5.74, 6) is -0.156. The number of hydrogen-bond donors (Lipinski definition) is 0. The number of hydrogen-bond acceptors (Lipinski definition) is 3. The minimum absolute atomic E-state index is 0.156. The highest BCUT2D eigenvalue weighted by atomic mass is 35.5. The Kier molecular flexibility index (Phi) is 5.19. The molecule has 1 heterocycles. The highest BCUT2D eigenvalue weighted by Crippen LogP contribution is 2.31. The molecule has 2 aromatic rings. The number of halogens is 2. The molecule has 2 aromatic carbocycles. The maximum Gasteiger partial charge on any atom is 0.253 e. The first kappa shape index (κ1) is 19.0. The van der Waals surface area contributed by atoms with Gasteiger partial charge in [-0.15, -0.1) is 0 Å². The standard InChI is InChI=1S/C18H18Cl2N2O3S/c1-21(11-14-3-5-15(19)10-16(14)20)18(23)13-4-6-17-12(9-13)7-8-22(17)26(2,24)25/h3-6,9-10H,7-8,11H2,1-2H3. The SMILES string of the molecule is CN(Cc1ccc(Cl)cc1Cl)C(=O)c1ccc2c(c1)CCN2S(C)(=O)=O. The lowest BCUT2D eigenvalue weighted by atomic mass is 10.1. The van der Waals surface area contributed by atoms with Crippen LogP contribution in [0.1, 0.15) is 21.5 Å². The minimum Gasteiger partial charge on any atom is -0.337 e. The number of rotatable bonds is 4.